The number of hydrogen-bond acceptors (Lipinski definition) is 8. The number of likely N-dealkylation sites (N-methyl/N-ethyl adjacent to an activating group) is 1. The summed E-state index contributed by atoms with van der Waals surface area (Å²) in [7, 11) is 13.4. The summed E-state index contributed by atoms with van der Waals surface area (Å²) in [5.74, 6) is 0.535. The molecular weight excluding hydrogens is 538 g/mol. The summed E-state index contributed by atoms with van der Waals surface area (Å²) in [4.78, 5) is 26.4. The zero-order valence-electron chi connectivity index (χ0n) is 25.4. The number of aromatic nitrogens is 4. The van der Waals surface area contributed by atoms with E-state index in [0.717, 1.165) is 28.7 Å². The van der Waals surface area contributed by atoms with Crippen molar-refractivity contribution in [1.29, 1.82) is 0 Å². The van der Waals surface area contributed by atoms with Crippen molar-refractivity contribution < 1.29 is 14.7 Å². The Morgan fingerprint density at radius 1 is 0.976 bits per heavy atom. The quantitative estimate of drug-likeness (QED) is 0.347. The molecule has 0 fully saturated rings. The first kappa shape index (κ1) is 32.1. The van der Waals surface area contributed by atoms with Crippen LogP contribution in [0.5, 0.6) is 5.88 Å². The first-order chi connectivity index (χ1) is 19.3. The molecule has 0 spiro atoms. The van der Waals surface area contributed by atoms with E-state index < -0.39 is 11.6 Å². The SMILES string of the molecule is CC(CN(C)C)CN1c2ccccc2Sc2ccccc21.C[N+](C)(C)CCO.Cn1c2ncnc-2c([O-])n(C)c1=O. The van der Waals surface area contributed by atoms with Crippen LogP contribution < -0.4 is 15.7 Å². The first-order valence-electron chi connectivity index (χ1n) is 13.6. The van der Waals surface area contributed by atoms with Gasteiger partial charge >= 0.3 is 5.69 Å². The minimum absolute atomic E-state index is 0.226. The summed E-state index contributed by atoms with van der Waals surface area (Å²) in [5, 5.41) is 19.8. The molecular formula is C30H43N7O3S. The molecule has 1 unspecified atom stereocenters. The van der Waals surface area contributed by atoms with Gasteiger partial charge in [0.15, 0.2) is 5.82 Å². The van der Waals surface area contributed by atoms with Gasteiger partial charge in [0.1, 0.15) is 18.6 Å². The number of hydrogen-bond donors (Lipinski definition) is 1. The molecule has 0 saturated heterocycles. The number of para-hydroxylation sites is 2. The second kappa shape index (κ2) is 14.0. The minimum Gasteiger partial charge on any atom is -0.858 e. The predicted molar refractivity (Wildman–Crippen MR) is 164 cm³/mol. The highest BCUT2D eigenvalue weighted by Gasteiger charge is 2.24. The summed E-state index contributed by atoms with van der Waals surface area (Å²) in [6.07, 6.45) is 1.27. The summed E-state index contributed by atoms with van der Waals surface area (Å²) < 4.78 is 3.15. The van der Waals surface area contributed by atoms with Crippen LogP contribution in [0, 0.1) is 5.92 Å². The van der Waals surface area contributed by atoms with Gasteiger partial charge in [0.25, 0.3) is 0 Å². The zero-order chi connectivity index (χ0) is 30.3. The molecule has 2 aromatic rings. The number of benzene rings is 2. The van der Waals surface area contributed by atoms with E-state index in [1.54, 1.807) is 7.05 Å². The van der Waals surface area contributed by atoms with Gasteiger partial charge in [0, 0.05) is 37.0 Å². The third-order valence-corrected chi connectivity index (χ3v) is 7.58. The van der Waals surface area contributed by atoms with Gasteiger partial charge in [-0.2, -0.15) is 0 Å². The second-order valence-corrected chi connectivity index (χ2v) is 12.6. The number of nitrogens with zero attached hydrogens (tertiary/aromatic N) is 7. The number of imidazole rings is 1. The van der Waals surface area contributed by atoms with Gasteiger partial charge in [0.05, 0.1) is 39.1 Å². The Morgan fingerprint density at radius 2 is 1.54 bits per heavy atom. The van der Waals surface area contributed by atoms with Crippen molar-refractivity contribution in [3.63, 3.8) is 0 Å². The van der Waals surface area contributed by atoms with Crippen molar-refractivity contribution in [3.05, 3.63) is 65.3 Å². The molecule has 3 aliphatic rings. The summed E-state index contributed by atoms with van der Waals surface area (Å²) in [6, 6.07) is 17.4. The molecule has 3 heterocycles. The fourth-order valence-corrected chi connectivity index (χ4v) is 5.58. The van der Waals surface area contributed by atoms with E-state index in [1.807, 2.05) is 11.8 Å². The third kappa shape index (κ3) is 8.32. The Morgan fingerprint density at radius 3 is 2.02 bits per heavy atom. The molecule has 0 bridgehead atoms. The van der Waals surface area contributed by atoms with E-state index in [4.69, 9.17) is 5.11 Å². The number of anilines is 2. The average Bonchev–Trinajstić information content (AvgIpc) is 3.41. The van der Waals surface area contributed by atoms with Gasteiger partial charge in [-0.25, -0.2) is 14.8 Å². The Kier molecular flexibility index (Phi) is 11.0. The lowest BCUT2D eigenvalue weighted by Gasteiger charge is -2.35. The highest BCUT2D eigenvalue weighted by Crippen LogP contribution is 2.47. The minimum atomic E-state index is -0.407. The summed E-state index contributed by atoms with van der Waals surface area (Å²) in [5.41, 5.74) is 2.52. The van der Waals surface area contributed by atoms with Gasteiger partial charge < -0.3 is 29.1 Å². The van der Waals surface area contributed by atoms with Crippen molar-refractivity contribution >= 4 is 23.1 Å². The third-order valence-electron chi connectivity index (χ3n) is 6.45. The molecule has 0 aliphatic carbocycles. The van der Waals surface area contributed by atoms with Gasteiger partial charge in [-0.1, -0.05) is 43.0 Å². The number of rotatable bonds is 6. The Bertz CT molecular complexity index is 1400. The molecule has 222 valence electrons. The standard InChI is InChI=1S/C18H22N2S.C7H8N4O2.C5H14NO/c1-14(12-19(2)3)13-20-15-8-4-6-10-17(15)21-18-11-7-5-9-16(18)20;1-10-5-4(8-3-9-5)6(12)11(2)7(10)13;1-6(2,3)4-5-7/h4-11,14H,12-13H2,1-3H3;3,12H,1-2H3;7H,4-5H2,1-3H3/q;;+1/p-1. The Balaban J connectivity index is 0.000000196. The van der Waals surface area contributed by atoms with Gasteiger partial charge in [-0.3, -0.25) is 4.57 Å². The molecule has 0 amide bonds. The number of aliphatic hydroxyl groups excluding tert-OH is 1. The largest absolute Gasteiger partial charge is 0.858 e. The van der Waals surface area contributed by atoms with Crippen LogP contribution in [0.25, 0.3) is 11.5 Å². The predicted octanol–water partition coefficient (Wildman–Crippen LogP) is 2.86. The van der Waals surface area contributed by atoms with Crippen molar-refractivity contribution in [2.75, 3.05) is 66.4 Å². The van der Waals surface area contributed by atoms with Gasteiger partial charge in [-0.15, -0.1) is 0 Å². The van der Waals surface area contributed by atoms with Crippen molar-refractivity contribution in [3.8, 4) is 17.4 Å². The van der Waals surface area contributed by atoms with Crippen molar-refractivity contribution in [1.82, 2.24) is 24.0 Å². The lowest BCUT2D eigenvalue weighted by molar-refractivity contribution is -0.870. The fourth-order valence-electron chi connectivity index (χ4n) is 4.49. The topological polar surface area (TPSA) is 102 Å². The van der Waals surface area contributed by atoms with Crippen LogP contribution in [0.2, 0.25) is 0 Å². The van der Waals surface area contributed by atoms with E-state index in [1.165, 1.54) is 39.1 Å². The lowest BCUT2D eigenvalue weighted by Crippen LogP contribution is -2.36. The van der Waals surface area contributed by atoms with E-state index in [2.05, 4.69) is 110 Å². The molecule has 10 nitrogen and oxygen atoms in total. The molecule has 1 N–H and O–H groups in total. The lowest BCUT2D eigenvalue weighted by atomic mass is 10.1. The summed E-state index contributed by atoms with van der Waals surface area (Å²) >= 11 is 1.88. The maximum absolute atomic E-state index is 11.4. The molecule has 2 aromatic carbocycles. The number of quaternary nitrogens is 1. The number of fused-ring (bicyclic) bond motifs is 3. The first-order valence-corrected chi connectivity index (χ1v) is 14.4. The fraction of sp³-hybridized carbons (Fsp3) is 0.433. The maximum Gasteiger partial charge on any atom is 0.328 e. The molecule has 0 radical (unpaired) electrons. The average molecular weight is 582 g/mol. The highest BCUT2D eigenvalue weighted by molar-refractivity contribution is 7.99. The van der Waals surface area contributed by atoms with Crippen molar-refractivity contribution in [2.45, 2.75) is 16.7 Å². The molecule has 3 aliphatic heterocycles. The van der Waals surface area contributed by atoms with E-state index in [-0.39, 0.29) is 12.3 Å². The Hall–Kier alpha value is -3.38. The monoisotopic (exact) mass is 581 g/mol. The van der Waals surface area contributed by atoms with Crippen LogP contribution >= 0.6 is 11.8 Å². The van der Waals surface area contributed by atoms with Crippen LogP contribution in [-0.4, -0.2) is 95.1 Å². The molecule has 0 saturated carbocycles. The smallest absolute Gasteiger partial charge is 0.328 e. The van der Waals surface area contributed by atoms with Crippen molar-refractivity contribution in [2.24, 2.45) is 20.0 Å². The molecule has 1 atom stereocenters. The van der Waals surface area contributed by atoms with Gasteiger partial charge in [0.2, 0.25) is 0 Å². The normalized spacial score (nSPS) is 13.1. The highest BCUT2D eigenvalue weighted by atomic mass is 32.2. The number of aliphatic hydroxyl groups is 1. The van der Waals surface area contributed by atoms with Crippen LogP contribution in [0.1, 0.15) is 6.92 Å². The molecule has 5 rings (SSSR count). The molecule has 11 heteroatoms. The van der Waals surface area contributed by atoms with E-state index in [0.29, 0.717) is 11.7 Å². The molecule has 0 aromatic heterocycles. The summed E-state index contributed by atoms with van der Waals surface area (Å²) in [6.45, 7) is 5.59. The van der Waals surface area contributed by atoms with E-state index >= 15 is 0 Å². The second-order valence-electron chi connectivity index (χ2n) is 11.5. The van der Waals surface area contributed by atoms with E-state index in [9.17, 15) is 9.90 Å². The van der Waals surface area contributed by atoms with Crippen LogP contribution in [0.4, 0.5) is 11.4 Å². The molecule has 41 heavy (non-hydrogen) atoms. The zero-order valence-corrected chi connectivity index (χ0v) is 26.2. The maximum atomic E-state index is 11.4. The van der Waals surface area contributed by atoms with Crippen LogP contribution in [-0.2, 0) is 14.1 Å². The Labute approximate surface area is 247 Å². The van der Waals surface area contributed by atoms with Crippen LogP contribution in [0.3, 0.4) is 0 Å². The van der Waals surface area contributed by atoms with Gasteiger partial charge in [-0.05, 0) is 50.2 Å². The van der Waals surface area contributed by atoms with Crippen LogP contribution in [0.15, 0.2) is 69.4 Å².